The zero-order valence-corrected chi connectivity index (χ0v) is 43.8. The van der Waals surface area contributed by atoms with Crippen molar-refractivity contribution in [1.29, 1.82) is 0 Å². The van der Waals surface area contributed by atoms with Gasteiger partial charge in [0.05, 0.1) is 34.4 Å². The van der Waals surface area contributed by atoms with Gasteiger partial charge >= 0.3 is 17.9 Å². The van der Waals surface area contributed by atoms with Gasteiger partial charge in [0.25, 0.3) is 6.29 Å². The molecule has 9 nitrogen and oxygen atoms in total. The summed E-state index contributed by atoms with van der Waals surface area (Å²) in [5, 5.41) is 9.68. The maximum Gasteiger partial charge on any atom is 0.361 e. The zero-order valence-electron chi connectivity index (χ0n) is 43.8. The molecule has 67 heavy (non-hydrogen) atoms. The first-order valence-corrected chi connectivity index (χ1v) is 27.1. The van der Waals surface area contributed by atoms with Gasteiger partial charge in [0.1, 0.15) is 13.2 Å². The Kier molecular flexibility index (Phi) is 46.8. The van der Waals surface area contributed by atoms with Crippen molar-refractivity contribution in [2.75, 3.05) is 47.5 Å². The Morgan fingerprint density at radius 3 is 1.27 bits per heavy atom. The monoisotopic (exact) mass is 941 g/mol. The van der Waals surface area contributed by atoms with Crippen LogP contribution in [-0.4, -0.2) is 87.4 Å². The third-order valence-electron chi connectivity index (χ3n) is 11.5. The Morgan fingerprint density at radius 2 is 0.851 bits per heavy atom. The standard InChI is InChI=1S/C58H101NO8/c1-6-8-10-12-14-16-18-20-22-24-25-26-27-28-29-30-31-33-35-37-39-41-43-45-47-49-56(61)67-54(53-66-58(57(62)63)64-51-50-59(3,4)5)52-65-55(60)48-46-44-42-40-38-36-34-32-23-21-19-17-15-13-11-9-7-2/h8,10,14,16,20,22,25-26,28-29,31,33,54,58H,6-7,9,11-13,15,17-19,21,23-24,27,30,32,34-53H2,1-5H3/p+1/b10-8-,16-14-,22-20-,26-25-,29-28-,33-31-. The van der Waals surface area contributed by atoms with Crippen molar-refractivity contribution in [3.05, 3.63) is 72.9 Å². The third kappa shape index (κ3) is 50.4. The SMILES string of the molecule is CC/C=C\C/C=C\C/C=C\C/C=C\C/C=C\C/C=C\CCCCCCCCC(=O)OC(COC(=O)CCCCCCCCCCCCCCCCCCC)COC(OCC[N+](C)(C)C)C(=O)O. The highest BCUT2D eigenvalue weighted by molar-refractivity contribution is 5.71. The van der Waals surface area contributed by atoms with E-state index in [1.165, 1.54) is 89.9 Å². The molecule has 0 aliphatic rings. The number of ether oxygens (including phenoxy) is 4. The van der Waals surface area contributed by atoms with Crippen molar-refractivity contribution >= 4 is 17.9 Å². The highest BCUT2D eigenvalue weighted by atomic mass is 16.7. The van der Waals surface area contributed by atoms with Crippen LogP contribution < -0.4 is 0 Å². The number of likely N-dealkylation sites (N-methyl/N-ethyl adjacent to an activating group) is 1. The van der Waals surface area contributed by atoms with Gasteiger partial charge in [-0.2, -0.15) is 0 Å². The summed E-state index contributed by atoms with van der Waals surface area (Å²) < 4.78 is 22.8. The van der Waals surface area contributed by atoms with Crippen LogP contribution in [0.4, 0.5) is 0 Å². The van der Waals surface area contributed by atoms with Crippen LogP contribution in [0.15, 0.2) is 72.9 Å². The lowest BCUT2D eigenvalue weighted by molar-refractivity contribution is -0.870. The molecule has 0 aliphatic carbocycles. The second-order valence-corrected chi connectivity index (χ2v) is 19.2. The lowest BCUT2D eigenvalue weighted by atomic mass is 10.0. The summed E-state index contributed by atoms with van der Waals surface area (Å²) in [7, 11) is 5.96. The number of rotatable bonds is 49. The molecule has 2 unspecified atom stereocenters. The van der Waals surface area contributed by atoms with Gasteiger partial charge in [0.15, 0.2) is 6.10 Å². The predicted octanol–water partition coefficient (Wildman–Crippen LogP) is 15.5. The minimum atomic E-state index is -1.52. The maximum absolute atomic E-state index is 12.8. The fourth-order valence-electron chi connectivity index (χ4n) is 7.31. The summed E-state index contributed by atoms with van der Waals surface area (Å²) in [4.78, 5) is 37.3. The number of carboxylic acid groups (broad SMARTS) is 1. The van der Waals surface area contributed by atoms with Crippen LogP contribution in [0.2, 0.25) is 0 Å². The number of quaternary nitrogens is 1. The number of aliphatic carboxylic acids is 1. The summed E-state index contributed by atoms with van der Waals surface area (Å²) in [6.07, 6.45) is 59.6. The fraction of sp³-hybridized carbons (Fsp3) is 0.741. The lowest BCUT2D eigenvalue weighted by Gasteiger charge is -2.25. The number of allylic oxidation sites excluding steroid dienone is 12. The molecule has 0 saturated carbocycles. The average molecular weight is 941 g/mol. The molecular weight excluding hydrogens is 839 g/mol. The van der Waals surface area contributed by atoms with E-state index in [1.807, 2.05) is 21.1 Å². The molecule has 9 heteroatoms. The Hall–Kier alpha value is -3.27. The topological polar surface area (TPSA) is 108 Å². The van der Waals surface area contributed by atoms with Gasteiger partial charge in [-0.15, -0.1) is 0 Å². The molecule has 0 aromatic heterocycles. The van der Waals surface area contributed by atoms with E-state index in [0.717, 1.165) is 96.3 Å². The first-order chi connectivity index (χ1) is 32.6. The van der Waals surface area contributed by atoms with Crippen molar-refractivity contribution < 1.29 is 42.9 Å². The number of hydrogen-bond acceptors (Lipinski definition) is 7. The highest BCUT2D eigenvalue weighted by Gasteiger charge is 2.25. The summed E-state index contributed by atoms with van der Waals surface area (Å²) >= 11 is 0. The summed E-state index contributed by atoms with van der Waals surface area (Å²) in [6.45, 7) is 4.75. The number of carbonyl (C=O) groups excluding carboxylic acids is 2. The molecule has 0 bridgehead atoms. The van der Waals surface area contributed by atoms with Crippen molar-refractivity contribution in [1.82, 2.24) is 0 Å². The van der Waals surface area contributed by atoms with Crippen LogP contribution >= 0.6 is 0 Å². The second kappa shape index (κ2) is 49.2. The molecule has 0 radical (unpaired) electrons. The first-order valence-electron chi connectivity index (χ1n) is 27.1. The number of esters is 2. The van der Waals surface area contributed by atoms with Crippen molar-refractivity contribution in [2.45, 2.75) is 232 Å². The van der Waals surface area contributed by atoms with E-state index >= 15 is 0 Å². The molecule has 0 aliphatic heterocycles. The van der Waals surface area contributed by atoms with Gasteiger partial charge in [0, 0.05) is 12.8 Å². The zero-order chi connectivity index (χ0) is 49.2. The largest absolute Gasteiger partial charge is 0.477 e. The van der Waals surface area contributed by atoms with Crippen molar-refractivity contribution in [2.24, 2.45) is 0 Å². The molecule has 0 saturated heterocycles. The maximum atomic E-state index is 12.8. The number of carbonyl (C=O) groups is 3. The van der Waals surface area contributed by atoms with Crippen LogP contribution in [-0.2, 0) is 33.3 Å². The van der Waals surface area contributed by atoms with Crippen LogP contribution in [0.5, 0.6) is 0 Å². The minimum Gasteiger partial charge on any atom is -0.477 e. The Balaban J connectivity index is 4.34. The molecule has 1 N–H and O–H groups in total. The fourth-order valence-corrected chi connectivity index (χ4v) is 7.31. The van der Waals surface area contributed by atoms with Crippen LogP contribution in [0.1, 0.15) is 219 Å². The van der Waals surface area contributed by atoms with Crippen LogP contribution in [0, 0.1) is 0 Å². The van der Waals surface area contributed by atoms with Gasteiger partial charge in [0.2, 0.25) is 0 Å². The predicted molar refractivity (Wildman–Crippen MR) is 281 cm³/mol. The molecule has 0 spiro atoms. The second-order valence-electron chi connectivity index (χ2n) is 19.2. The summed E-state index contributed by atoms with van der Waals surface area (Å²) in [5.74, 6) is -2.02. The first kappa shape index (κ1) is 63.7. The molecule has 0 fully saturated rings. The molecule has 0 heterocycles. The van der Waals surface area contributed by atoms with E-state index in [2.05, 4.69) is 86.8 Å². The average Bonchev–Trinajstić information content (AvgIpc) is 3.29. The Bertz CT molecular complexity index is 1330. The quantitative estimate of drug-likeness (QED) is 0.0211. The number of hydrogen-bond donors (Lipinski definition) is 1. The van der Waals surface area contributed by atoms with Crippen LogP contribution in [0.25, 0.3) is 0 Å². The lowest BCUT2D eigenvalue weighted by Crippen LogP contribution is -2.40. The molecule has 2 atom stereocenters. The molecule has 0 aromatic carbocycles. The van der Waals surface area contributed by atoms with Gasteiger partial charge in [-0.1, -0.05) is 215 Å². The number of nitrogens with zero attached hydrogens (tertiary/aromatic N) is 1. The third-order valence-corrected chi connectivity index (χ3v) is 11.5. The van der Waals surface area contributed by atoms with Crippen LogP contribution in [0.3, 0.4) is 0 Å². The van der Waals surface area contributed by atoms with E-state index in [4.69, 9.17) is 18.9 Å². The highest BCUT2D eigenvalue weighted by Crippen LogP contribution is 2.16. The molecule has 0 amide bonds. The van der Waals surface area contributed by atoms with E-state index in [0.29, 0.717) is 23.9 Å². The van der Waals surface area contributed by atoms with Gasteiger partial charge in [-0.25, -0.2) is 4.79 Å². The summed E-state index contributed by atoms with van der Waals surface area (Å²) in [6, 6.07) is 0. The van der Waals surface area contributed by atoms with Crippen molar-refractivity contribution in [3.63, 3.8) is 0 Å². The smallest absolute Gasteiger partial charge is 0.361 e. The molecular formula is C58H102NO8+. The van der Waals surface area contributed by atoms with E-state index in [9.17, 15) is 19.5 Å². The minimum absolute atomic E-state index is 0.182. The van der Waals surface area contributed by atoms with E-state index in [1.54, 1.807) is 0 Å². The van der Waals surface area contributed by atoms with E-state index < -0.39 is 24.3 Å². The molecule has 386 valence electrons. The Morgan fingerprint density at radius 1 is 0.463 bits per heavy atom. The Labute approximate surface area is 411 Å². The number of unbranched alkanes of at least 4 members (excludes halogenated alkanes) is 22. The normalized spacial score (nSPS) is 13.4. The summed E-state index contributed by atoms with van der Waals surface area (Å²) in [5.41, 5.74) is 0. The van der Waals surface area contributed by atoms with Gasteiger partial charge in [-0.3, -0.25) is 9.59 Å². The number of carboxylic acids is 1. The molecule has 0 aromatic rings. The van der Waals surface area contributed by atoms with Crippen molar-refractivity contribution in [3.8, 4) is 0 Å². The van der Waals surface area contributed by atoms with E-state index in [-0.39, 0.29) is 32.2 Å². The molecule has 0 rings (SSSR count). The van der Waals surface area contributed by atoms with Gasteiger partial charge < -0.3 is 28.5 Å². The van der Waals surface area contributed by atoms with Gasteiger partial charge in [-0.05, 0) is 64.2 Å².